The van der Waals surface area contributed by atoms with Gasteiger partial charge in [0.2, 0.25) is 5.91 Å². The Morgan fingerprint density at radius 2 is 1.84 bits per heavy atom. The van der Waals surface area contributed by atoms with Gasteiger partial charge in [0.25, 0.3) is 0 Å². The minimum absolute atomic E-state index is 0.0843. The summed E-state index contributed by atoms with van der Waals surface area (Å²) in [5, 5.41) is 3.47. The molecule has 0 aromatic rings. The summed E-state index contributed by atoms with van der Waals surface area (Å²) in [6.45, 7) is 6.60. The van der Waals surface area contributed by atoms with E-state index < -0.39 is 0 Å². The first-order valence-corrected chi connectivity index (χ1v) is 8.03. The van der Waals surface area contributed by atoms with Crippen molar-refractivity contribution in [2.24, 2.45) is 0 Å². The smallest absolute Gasteiger partial charge is 0.239 e. The molecule has 3 saturated heterocycles. The first-order chi connectivity index (χ1) is 9.24. The zero-order valence-electron chi connectivity index (χ0n) is 12.1. The molecule has 3 aliphatic rings. The van der Waals surface area contributed by atoms with E-state index >= 15 is 0 Å². The van der Waals surface area contributed by atoms with Gasteiger partial charge in [-0.3, -0.25) is 9.69 Å². The van der Waals surface area contributed by atoms with Crippen LogP contribution >= 0.6 is 0 Å². The Balaban J connectivity index is 1.53. The highest BCUT2D eigenvalue weighted by molar-refractivity contribution is 5.82. The van der Waals surface area contributed by atoms with E-state index in [1.807, 2.05) is 0 Å². The lowest BCUT2D eigenvalue weighted by atomic mass is 9.99. The summed E-state index contributed by atoms with van der Waals surface area (Å²) in [4.78, 5) is 17.2. The molecule has 3 aliphatic heterocycles. The van der Waals surface area contributed by atoms with E-state index in [0.717, 1.165) is 19.5 Å². The highest BCUT2D eigenvalue weighted by Crippen LogP contribution is 2.22. The molecule has 19 heavy (non-hydrogen) atoms. The minimum Gasteiger partial charge on any atom is -0.340 e. The van der Waals surface area contributed by atoms with Gasteiger partial charge in [0.15, 0.2) is 0 Å². The molecule has 3 rings (SSSR count). The van der Waals surface area contributed by atoms with E-state index in [2.05, 4.69) is 22.0 Å². The van der Waals surface area contributed by atoms with Crippen molar-refractivity contribution in [2.45, 2.75) is 63.6 Å². The van der Waals surface area contributed by atoms with Crippen molar-refractivity contribution in [3.8, 4) is 0 Å². The third kappa shape index (κ3) is 2.95. The summed E-state index contributed by atoms with van der Waals surface area (Å²) in [5.41, 5.74) is 0. The fraction of sp³-hybridized carbons (Fsp3) is 0.933. The number of rotatable bonds is 2. The van der Waals surface area contributed by atoms with Crippen LogP contribution in [0.25, 0.3) is 0 Å². The van der Waals surface area contributed by atoms with Gasteiger partial charge in [-0.1, -0.05) is 0 Å². The fourth-order valence-corrected chi connectivity index (χ4v) is 3.90. The first-order valence-electron chi connectivity index (χ1n) is 8.03. The Hall–Kier alpha value is -0.610. The predicted molar refractivity (Wildman–Crippen MR) is 76.0 cm³/mol. The number of carbonyl (C=O) groups is 1. The van der Waals surface area contributed by atoms with E-state index in [4.69, 9.17) is 0 Å². The highest BCUT2D eigenvalue weighted by Gasteiger charge is 2.35. The summed E-state index contributed by atoms with van der Waals surface area (Å²) in [7, 11) is 0. The molecule has 0 radical (unpaired) electrons. The lowest BCUT2D eigenvalue weighted by molar-refractivity contribution is -0.133. The lowest BCUT2D eigenvalue weighted by Gasteiger charge is -2.31. The van der Waals surface area contributed by atoms with Crippen LogP contribution in [0.1, 0.15) is 45.4 Å². The molecule has 3 heterocycles. The average molecular weight is 265 g/mol. The van der Waals surface area contributed by atoms with Gasteiger partial charge in [-0.05, 0) is 58.5 Å². The van der Waals surface area contributed by atoms with E-state index in [1.54, 1.807) is 0 Å². The van der Waals surface area contributed by atoms with Gasteiger partial charge < -0.3 is 10.2 Å². The number of nitrogens with one attached hydrogen (secondary N) is 1. The molecule has 0 bridgehead atoms. The SMILES string of the molecule is CC1CCCC(C(=O)N2CCC(N3CCCC3)C2)N1. The summed E-state index contributed by atoms with van der Waals surface area (Å²) in [6.07, 6.45) is 7.27. The second-order valence-corrected chi connectivity index (χ2v) is 6.52. The van der Waals surface area contributed by atoms with Gasteiger partial charge >= 0.3 is 0 Å². The number of likely N-dealkylation sites (tertiary alicyclic amines) is 2. The van der Waals surface area contributed by atoms with Crippen molar-refractivity contribution in [3.63, 3.8) is 0 Å². The largest absolute Gasteiger partial charge is 0.340 e. The van der Waals surface area contributed by atoms with Crippen molar-refractivity contribution in [3.05, 3.63) is 0 Å². The van der Waals surface area contributed by atoms with Crippen molar-refractivity contribution in [2.75, 3.05) is 26.2 Å². The van der Waals surface area contributed by atoms with E-state index in [1.165, 1.54) is 45.2 Å². The van der Waals surface area contributed by atoms with Crippen LogP contribution in [0.2, 0.25) is 0 Å². The molecular weight excluding hydrogens is 238 g/mol. The Labute approximate surface area is 116 Å². The van der Waals surface area contributed by atoms with E-state index in [9.17, 15) is 4.79 Å². The summed E-state index contributed by atoms with van der Waals surface area (Å²) >= 11 is 0. The number of nitrogens with zero attached hydrogens (tertiary/aromatic N) is 2. The summed E-state index contributed by atoms with van der Waals surface area (Å²) < 4.78 is 0. The normalized spacial score (nSPS) is 36.9. The number of hydrogen-bond donors (Lipinski definition) is 1. The van der Waals surface area contributed by atoms with Crippen LogP contribution in [0.15, 0.2) is 0 Å². The molecule has 3 unspecified atom stereocenters. The second-order valence-electron chi connectivity index (χ2n) is 6.52. The highest BCUT2D eigenvalue weighted by atomic mass is 16.2. The summed E-state index contributed by atoms with van der Waals surface area (Å²) in [5.74, 6) is 0.355. The van der Waals surface area contributed by atoms with Crippen LogP contribution in [-0.4, -0.2) is 60.0 Å². The van der Waals surface area contributed by atoms with Gasteiger partial charge in [-0.25, -0.2) is 0 Å². The molecule has 0 aromatic heterocycles. The van der Waals surface area contributed by atoms with Gasteiger partial charge in [0.1, 0.15) is 0 Å². The third-order valence-corrected chi connectivity index (χ3v) is 5.05. The van der Waals surface area contributed by atoms with E-state index in [0.29, 0.717) is 18.0 Å². The molecular formula is C15H27N3O. The Bertz CT molecular complexity index is 327. The molecule has 1 amide bonds. The molecule has 0 aliphatic carbocycles. The van der Waals surface area contributed by atoms with Crippen LogP contribution in [0.3, 0.4) is 0 Å². The zero-order chi connectivity index (χ0) is 13.2. The second kappa shape index (κ2) is 5.80. The molecule has 108 valence electrons. The summed E-state index contributed by atoms with van der Waals surface area (Å²) in [6, 6.07) is 1.22. The quantitative estimate of drug-likeness (QED) is 0.815. The number of piperidine rings is 1. The fourth-order valence-electron chi connectivity index (χ4n) is 3.90. The molecule has 0 spiro atoms. The topological polar surface area (TPSA) is 35.6 Å². The lowest BCUT2D eigenvalue weighted by Crippen LogP contribution is -2.51. The zero-order valence-corrected chi connectivity index (χ0v) is 12.1. The Morgan fingerprint density at radius 3 is 2.58 bits per heavy atom. The van der Waals surface area contributed by atoms with Gasteiger partial charge in [-0.2, -0.15) is 0 Å². The molecule has 0 saturated carbocycles. The molecule has 3 fully saturated rings. The van der Waals surface area contributed by atoms with Crippen molar-refractivity contribution >= 4 is 5.91 Å². The van der Waals surface area contributed by atoms with Crippen LogP contribution in [0.4, 0.5) is 0 Å². The first kappa shape index (κ1) is 13.4. The maximum Gasteiger partial charge on any atom is 0.239 e. The van der Waals surface area contributed by atoms with E-state index in [-0.39, 0.29) is 6.04 Å². The standard InChI is InChI=1S/C15H27N3O/c1-12-5-4-6-14(16-12)15(19)18-10-7-13(11-18)17-8-2-3-9-17/h12-14,16H,2-11H2,1H3. The molecule has 4 heteroatoms. The molecule has 3 atom stereocenters. The van der Waals surface area contributed by atoms with Gasteiger partial charge in [0, 0.05) is 25.2 Å². The third-order valence-electron chi connectivity index (χ3n) is 5.05. The predicted octanol–water partition coefficient (Wildman–Crippen LogP) is 1.21. The number of carbonyl (C=O) groups excluding carboxylic acids is 1. The van der Waals surface area contributed by atoms with Gasteiger partial charge in [-0.15, -0.1) is 0 Å². The monoisotopic (exact) mass is 265 g/mol. The van der Waals surface area contributed by atoms with Gasteiger partial charge in [0.05, 0.1) is 6.04 Å². The van der Waals surface area contributed by atoms with Crippen molar-refractivity contribution in [1.29, 1.82) is 0 Å². The van der Waals surface area contributed by atoms with Crippen LogP contribution in [0.5, 0.6) is 0 Å². The Morgan fingerprint density at radius 1 is 1.05 bits per heavy atom. The van der Waals surface area contributed by atoms with Crippen molar-refractivity contribution in [1.82, 2.24) is 15.1 Å². The van der Waals surface area contributed by atoms with Crippen LogP contribution < -0.4 is 5.32 Å². The number of amides is 1. The maximum absolute atomic E-state index is 12.6. The average Bonchev–Trinajstić information content (AvgIpc) is 3.08. The van der Waals surface area contributed by atoms with Crippen molar-refractivity contribution < 1.29 is 4.79 Å². The Kier molecular flexibility index (Phi) is 4.08. The molecule has 0 aromatic carbocycles. The molecule has 1 N–H and O–H groups in total. The van der Waals surface area contributed by atoms with Crippen LogP contribution in [0, 0.1) is 0 Å². The minimum atomic E-state index is 0.0843. The molecule has 4 nitrogen and oxygen atoms in total. The number of hydrogen-bond acceptors (Lipinski definition) is 3. The maximum atomic E-state index is 12.6. The van der Waals surface area contributed by atoms with Crippen LogP contribution in [-0.2, 0) is 4.79 Å².